The predicted octanol–water partition coefficient (Wildman–Crippen LogP) is 0.229. The smallest absolute Gasteiger partial charge is 0.328 e. The standard InChI is InChI=1S/C13H19NO4/c1-5(15)11(13(17)18)14-12(16)10-8-6-2-3-7(4-6)9(8)10/h5-11,15H,2-4H2,1H3,(H,14,16)(H,17,18). The number of carbonyl (C=O) groups excluding carboxylic acids is 1. The maximum Gasteiger partial charge on any atom is 0.328 e. The van der Waals surface area contributed by atoms with Crippen LogP contribution >= 0.6 is 0 Å². The van der Waals surface area contributed by atoms with Gasteiger partial charge < -0.3 is 15.5 Å². The fourth-order valence-corrected chi connectivity index (χ4v) is 4.31. The molecule has 1 amide bonds. The molecule has 0 heterocycles. The SMILES string of the molecule is CC(O)C(NC(=O)C1C2C3CCC(C3)C12)C(=O)O. The number of carboxylic acid groups (broad SMARTS) is 1. The minimum absolute atomic E-state index is 0.0110. The van der Waals surface area contributed by atoms with E-state index in [2.05, 4.69) is 5.32 Å². The van der Waals surface area contributed by atoms with Crippen LogP contribution in [0.1, 0.15) is 26.2 Å². The molecular weight excluding hydrogens is 234 g/mol. The van der Waals surface area contributed by atoms with Crippen molar-refractivity contribution in [2.75, 3.05) is 0 Å². The highest BCUT2D eigenvalue weighted by Crippen LogP contribution is 2.69. The number of hydrogen-bond donors (Lipinski definition) is 3. The molecule has 2 bridgehead atoms. The third kappa shape index (κ3) is 1.64. The summed E-state index contributed by atoms with van der Waals surface area (Å²) in [6, 6.07) is -1.18. The van der Waals surface area contributed by atoms with Crippen LogP contribution in [-0.2, 0) is 9.59 Å². The van der Waals surface area contributed by atoms with E-state index in [1.54, 1.807) is 0 Å². The van der Waals surface area contributed by atoms with E-state index < -0.39 is 18.1 Å². The van der Waals surface area contributed by atoms with Gasteiger partial charge in [0.1, 0.15) is 0 Å². The Hall–Kier alpha value is -1.10. The Balaban J connectivity index is 1.62. The van der Waals surface area contributed by atoms with Gasteiger partial charge in [-0.1, -0.05) is 0 Å². The average Bonchev–Trinajstić information content (AvgIpc) is 2.74. The van der Waals surface area contributed by atoms with Crippen molar-refractivity contribution in [3.8, 4) is 0 Å². The van der Waals surface area contributed by atoms with Crippen LogP contribution in [0.4, 0.5) is 0 Å². The molecule has 3 aliphatic carbocycles. The molecule has 0 spiro atoms. The summed E-state index contributed by atoms with van der Waals surface area (Å²) in [6.07, 6.45) is 2.66. The molecule has 0 aromatic rings. The number of aliphatic hydroxyl groups is 1. The average molecular weight is 253 g/mol. The third-order valence-corrected chi connectivity index (χ3v) is 5.08. The van der Waals surface area contributed by atoms with E-state index in [1.165, 1.54) is 26.2 Å². The number of fused-ring (bicyclic) bond motifs is 5. The molecule has 3 N–H and O–H groups in total. The Morgan fingerprint density at radius 3 is 2.22 bits per heavy atom. The Bertz CT molecular complexity index is 378. The monoisotopic (exact) mass is 253 g/mol. The number of aliphatic carboxylic acids is 1. The van der Waals surface area contributed by atoms with Crippen LogP contribution in [-0.4, -0.2) is 34.2 Å². The summed E-state index contributed by atoms with van der Waals surface area (Å²) in [5.74, 6) is 1.02. The molecule has 3 rings (SSSR count). The fraction of sp³-hybridized carbons (Fsp3) is 0.846. The van der Waals surface area contributed by atoms with E-state index in [-0.39, 0.29) is 11.8 Å². The van der Waals surface area contributed by atoms with E-state index >= 15 is 0 Å². The van der Waals surface area contributed by atoms with E-state index in [4.69, 9.17) is 5.11 Å². The number of amides is 1. The van der Waals surface area contributed by atoms with Gasteiger partial charge in [-0.2, -0.15) is 0 Å². The molecule has 3 fully saturated rings. The summed E-state index contributed by atoms with van der Waals surface area (Å²) in [5.41, 5.74) is 0. The summed E-state index contributed by atoms with van der Waals surface area (Å²) in [5, 5.41) is 20.8. The van der Waals surface area contributed by atoms with Gasteiger partial charge in [0, 0.05) is 5.92 Å². The number of aliphatic hydroxyl groups excluding tert-OH is 1. The number of carboxylic acids is 1. The first-order valence-electron chi connectivity index (χ1n) is 6.72. The Labute approximate surface area is 106 Å². The zero-order valence-electron chi connectivity index (χ0n) is 10.4. The quantitative estimate of drug-likeness (QED) is 0.669. The normalized spacial score (nSPS) is 43.1. The highest BCUT2D eigenvalue weighted by molar-refractivity contribution is 5.87. The number of carbonyl (C=O) groups is 2. The van der Waals surface area contributed by atoms with Crippen LogP contribution in [0.15, 0.2) is 0 Å². The zero-order valence-corrected chi connectivity index (χ0v) is 10.4. The van der Waals surface area contributed by atoms with Gasteiger partial charge in [-0.05, 0) is 49.9 Å². The topological polar surface area (TPSA) is 86.6 Å². The van der Waals surface area contributed by atoms with E-state index in [1.807, 2.05) is 0 Å². The first-order valence-corrected chi connectivity index (χ1v) is 6.72. The molecule has 100 valence electrons. The van der Waals surface area contributed by atoms with Crippen molar-refractivity contribution in [3.63, 3.8) is 0 Å². The maximum absolute atomic E-state index is 12.1. The largest absolute Gasteiger partial charge is 0.480 e. The molecule has 5 nitrogen and oxygen atoms in total. The fourth-order valence-electron chi connectivity index (χ4n) is 4.31. The molecule has 3 aliphatic rings. The van der Waals surface area contributed by atoms with Crippen LogP contribution in [0, 0.1) is 29.6 Å². The molecule has 3 saturated carbocycles. The zero-order chi connectivity index (χ0) is 13.0. The molecule has 6 atom stereocenters. The summed E-state index contributed by atoms with van der Waals surface area (Å²) in [7, 11) is 0. The van der Waals surface area contributed by atoms with Crippen LogP contribution in [0.25, 0.3) is 0 Å². The summed E-state index contributed by atoms with van der Waals surface area (Å²) >= 11 is 0. The maximum atomic E-state index is 12.1. The summed E-state index contributed by atoms with van der Waals surface area (Å²) in [6.45, 7) is 1.39. The van der Waals surface area contributed by atoms with Crippen LogP contribution in [0.3, 0.4) is 0 Å². The number of rotatable bonds is 4. The molecule has 0 aliphatic heterocycles. The van der Waals surface area contributed by atoms with Crippen molar-refractivity contribution in [2.45, 2.75) is 38.3 Å². The minimum Gasteiger partial charge on any atom is -0.480 e. The molecule has 6 unspecified atom stereocenters. The Morgan fingerprint density at radius 1 is 1.22 bits per heavy atom. The van der Waals surface area contributed by atoms with Gasteiger partial charge in [0.15, 0.2) is 6.04 Å². The molecule has 18 heavy (non-hydrogen) atoms. The van der Waals surface area contributed by atoms with Crippen LogP contribution in [0.5, 0.6) is 0 Å². The van der Waals surface area contributed by atoms with E-state index in [9.17, 15) is 14.7 Å². The second-order valence-electron chi connectivity index (χ2n) is 6.08. The van der Waals surface area contributed by atoms with E-state index in [0.29, 0.717) is 23.7 Å². The van der Waals surface area contributed by atoms with Gasteiger partial charge in [0.25, 0.3) is 0 Å². The van der Waals surface area contributed by atoms with Gasteiger partial charge >= 0.3 is 5.97 Å². The van der Waals surface area contributed by atoms with Crippen molar-refractivity contribution in [1.82, 2.24) is 5.32 Å². The van der Waals surface area contributed by atoms with E-state index in [0.717, 1.165) is 0 Å². The highest BCUT2D eigenvalue weighted by Gasteiger charge is 2.67. The second-order valence-corrected chi connectivity index (χ2v) is 6.08. The Morgan fingerprint density at radius 2 is 1.78 bits per heavy atom. The predicted molar refractivity (Wildman–Crippen MR) is 62.5 cm³/mol. The lowest BCUT2D eigenvalue weighted by atomic mass is 10.0. The van der Waals surface area contributed by atoms with Gasteiger partial charge in [-0.15, -0.1) is 0 Å². The number of nitrogens with one attached hydrogen (secondary N) is 1. The van der Waals surface area contributed by atoms with Gasteiger partial charge in [0.05, 0.1) is 6.10 Å². The van der Waals surface area contributed by atoms with Crippen LogP contribution < -0.4 is 5.32 Å². The second kappa shape index (κ2) is 3.95. The van der Waals surface area contributed by atoms with Crippen molar-refractivity contribution in [1.29, 1.82) is 0 Å². The summed E-state index contributed by atoms with van der Waals surface area (Å²) < 4.78 is 0. The summed E-state index contributed by atoms with van der Waals surface area (Å²) in [4.78, 5) is 23.0. The molecule has 5 heteroatoms. The van der Waals surface area contributed by atoms with Crippen molar-refractivity contribution in [2.24, 2.45) is 29.6 Å². The third-order valence-electron chi connectivity index (χ3n) is 5.08. The lowest BCUT2D eigenvalue weighted by Crippen LogP contribution is -2.48. The highest BCUT2D eigenvalue weighted by atomic mass is 16.4. The minimum atomic E-state index is -1.18. The Kier molecular flexibility index (Phi) is 2.62. The van der Waals surface area contributed by atoms with Gasteiger partial charge in [0.2, 0.25) is 5.91 Å². The first-order chi connectivity index (χ1) is 8.50. The van der Waals surface area contributed by atoms with Crippen LogP contribution in [0.2, 0.25) is 0 Å². The van der Waals surface area contributed by atoms with Gasteiger partial charge in [-0.3, -0.25) is 4.79 Å². The molecule has 0 saturated heterocycles. The number of hydrogen-bond acceptors (Lipinski definition) is 3. The lowest BCUT2D eigenvalue weighted by molar-refractivity contribution is -0.145. The molecule has 0 aromatic heterocycles. The van der Waals surface area contributed by atoms with Crippen molar-refractivity contribution < 1.29 is 19.8 Å². The first kappa shape index (κ1) is 12.0. The van der Waals surface area contributed by atoms with Crippen molar-refractivity contribution in [3.05, 3.63) is 0 Å². The van der Waals surface area contributed by atoms with Gasteiger partial charge in [-0.25, -0.2) is 4.79 Å². The lowest BCUT2D eigenvalue weighted by Gasteiger charge is -2.18. The van der Waals surface area contributed by atoms with Crippen molar-refractivity contribution >= 4 is 11.9 Å². The molecule has 0 aromatic carbocycles. The molecular formula is C13H19NO4. The molecule has 0 radical (unpaired) electrons.